The van der Waals surface area contributed by atoms with Gasteiger partial charge in [0.1, 0.15) is 5.75 Å². The number of benzene rings is 2. The second kappa shape index (κ2) is 5.72. The summed E-state index contributed by atoms with van der Waals surface area (Å²) in [6.45, 7) is 0. The molecule has 0 aliphatic carbocycles. The average Bonchev–Trinajstić information content (AvgIpc) is 2.46. The van der Waals surface area contributed by atoms with Gasteiger partial charge < -0.3 is 10.1 Å². The first-order valence-electron chi connectivity index (χ1n) is 6.70. The van der Waals surface area contributed by atoms with Crippen molar-refractivity contribution in [1.29, 1.82) is 0 Å². The normalized spacial score (nSPS) is 11.7. The van der Waals surface area contributed by atoms with Crippen LogP contribution < -0.4 is 5.56 Å². The molecule has 3 aromatic rings. The minimum atomic E-state index is -4.00. The summed E-state index contributed by atoms with van der Waals surface area (Å²) < 4.78 is 25.1. The number of H-pyrrole nitrogens is 1. The molecule has 0 saturated heterocycles. The zero-order chi connectivity index (χ0) is 16.6. The lowest BCUT2D eigenvalue weighted by Crippen LogP contribution is -2.19. The lowest BCUT2D eigenvalue weighted by atomic mass is 10.2. The Hall–Kier alpha value is -2.31. The molecule has 0 amide bonds. The minimum absolute atomic E-state index is 0.223. The van der Waals surface area contributed by atoms with Crippen molar-refractivity contribution in [3.63, 3.8) is 0 Å². The van der Waals surface area contributed by atoms with E-state index in [1.54, 1.807) is 30.3 Å². The highest BCUT2D eigenvalue weighted by molar-refractivity contribution is 7.90. The largest absolute Gasteiger partial charge is 0.506 e. The quantitative estimate of drug-likeness (QED) is 0.761. The van der Waals surface area contributed by atoms with E-state index in [1.165, 1.54) is 18.2 Å². The number of aromatic amines is 1. The lowest BCUT2D eigenvalue weighted by molar-refractivity contribution is 0.462. The number of rotatable bonds is 3. The van der Waals surface area contributed by atoms with Gasteiger partial charge in [-0.25, -0.2) is 8.42 Å². The Morgan fingerprint density at radius 3 is 2.48 bits per heavy atom. The molecule has 0 fully saturated rings. The number of fused-ring (bicyclic) bond motifs is 1. The van der Waals surface area contributed by atoms with E-state index >= 15 is 0 Å². The van der Waals surface area contributed by atoms with Crippen molar-refractivity contribution in [1.82, 2.24) is 4.98 Å². The molecule has 118 valence electrons. The average molecular weight is 350 g/mol. The Labute approximate surface area is 137 Å². The molecule has 0 radical (unpaired) electrons. The fourth-order valence-electron chi connectivity index (χ4n) is 2.39. The Kier molecular flexibility index (Phi) is 3.87. The van der Waals surface area contributed by atoms with Gasteiger partial charge in [-0.1, -0.05) is 41.9 Å². The molecule has 0 aliphatic rings. The third kappa shape index (κ3) is 2.95. The summed E-state index contributed by atoms with van der Waals surface area (Å²) in [6.07, 6.45) is 0. The maximum Gasteiger partial charge on any atom is 0.271 e. The van der Waals surface area contributed by atoms with Crippen molar-refractivity contribution in [3.8, 4) is 5.75 Å². The molecular weight excluding hydrogens is 338 g/mol. The topological polar surface area (TPSA) is 87.2 Å². The number of nitrogens with one attached hydrogen (secondary N) is 1. The van der Waals surface area contributed by atoms with E-state index < -0.39 is 26.0 Å². The highest BCUT2D eigenvalue weighted by atomic mass is 35.5. The summed E-state index contributed by atoms with van der Waals surface area (Å²) in [5, 5.41) is 10.9. The molecular formula is C16H12ClNO4S. The van der Waals surface area contributed by atoms with Crippen LogP contribution in [-0.2, 0) is 15.6 Å². The first-order valence-corrected chi connectivity index (χ1v) is 8.73. The first kappa shape index (κ1) is 15.6. The van der Waals surface area contributed by atoms with Crippen LogP contribution in [0.3, 0.4) is 0 Å². The molecule has 3 rings (SSSR count). The van der Waals surface area contributed by atoms with Gasteiger partial charge in [0.2, 0.25) is 0 Å². The third-order valence-corrected chi connectivity index (χ3v) is 5.37. The second-order valence-corrected chi connectivity index (χ2v) is 7.43. The summed E-state index contributed by atoms with van der Waals surface area (Å²) in [5.74, 6) is -0.930. The molecule has 0 unspecified atom stereocenters. The van der Waals surface area contributed by atoms with Crippen molar-refractivity contribution in [2.24, 2.45) is 0 Å². The van der Waals surface area contributed by atoms with Crippen LogP contribution in [0, 0.1) is 0 Å². The van der Waals surface area contributed by atoms with Crippen LogP contribution in [-0.4, -0.2) is 18.5 Å². The van der Waals surface area contributed by atoms with E-state index in [9.17, 15) is 18.3 Å². The minimum Gasteiger partial charge on any atom is -0.506 e. The van der Waals surface area contributed by atoms with Gasteiger partial charge in [-0.2, -0.15) is 0 Å². The number of hydrogen-bond acceptors (Lipinski definition) is 4. The molecule has 0 aliphatic heterocycles. The summed E-state index contributed by atoms with van der Waals surface area (Å²) >= 11 is 5.84. The summed E-state index contributed by atoms with van der Waals surface area (Å²) in [4.78, 5) is 14.0. The molecule has 0 saturated carbocycles. The maximum absolute atomic E-state index is 12.5. The predicted molar refractivity (Wildman–Crippen MR) is 88.6 cm³/mol. The van der Waals surface area contributed by atoms with Crippen LogP contribution in [0.15, 0.2) is 58.2 Å². The second-order valence-electron chi connectivity index (χ2n) is 5.07. The van der Waals surface area contributed by atoms with Crippen molar-refractivity contribution in [2.45, 2.75) is 10.6 Å². The summed E-state index contributed by atoms with van der Waals surface area (Å²) in [6, 6.07) is 12.9. The lowest BCUT2D eigenvalue weighted by Gasteiger charge is -2.09. The number of hydrogen-bond donors (Lipinski definition) is 2. The molecule has 1 aromatic heterocycles. The van der Waals surface area contributed by atoms with Crippen LogP contribution >= 0.6 is 11.6 Å². The molecule has 7 heteroatoms. The van der Waals surface area contributed by atoms with Gasteiger partial charge in [0.15, 0.2) is 14.7 Å². The van der Waals surface area contributed by atoms with Crippen LogP contribution in [0.2, 0.25) is 5.02 Å². The number of aromatic nitrogens is 1. The van der Waals surface area contributed by atoms with Crippen molar-refractivity contribution in [2.75, 3.05) is 0 Å². The number of halogens is 1. The highest BCUT2D eigenvalue weighted by Gasteiger charge is 2.25. The molecule has 0 bridgehead atoms. The van der Waals surface area contributed by atoms with Crippen LogP contribution in [0.1, 0.15) is 5.56 Å². The fourth-order valence-corrected chi connectivity index (χ4v) is 4.08. The molecule has 5 nitrogen and oxygen atoms in total. The van der Waals surface area contributed by atoms with Crippen molar-refractivity contribution >= 4 is 32.3 Å². The Morgan fingerprint density at radius 2 is 1.78 bits per heavy atom. The van der Waals surface area contributed by atoms with E-state index in [0.29, 0.717) is 10.6 Å². The van der Waals surface area contributed by atoms with E-state index in [2.05, 4.69) is 4.98 Å². The van der Waals surface area contributed by atoms with Gasteiger partial charge in [-0.05, 0) is 23.8 Å². The Balaban J connectivity index is 2.19. The standard InChI is InChI=1S/C16H12ClNO4S/c17-11-6-7-12-13(8-11)18-16(20)15(14(12)19)23(21,22)9-10-4-2-1-3-5-10/h1-8H,9H2,(H2,18,19,20). The molecule has 2 aromatic carbocycles. The van der Waals surface area contributed by atoms with Gasteiger partial charge in [-0.3, -0.25) is 4.79 Å². The van der Waals surface area contributed by atoms with Crippen molar-refractivity contribution < 1.29 is 13.5 Å². The molecule has 2 N–H and O–H groups in total. The highest BCUT2D eigenvalue weighted by Crippen LogP contribution is 2.30. The van der Waals surface area contributed by atoms with Gasteiger partial charge >= 0.3 is 0 Å². The number of pyridine rings is 1. The Bertz CT molecular complexity index is 1040. The molecule has 1 heterocycles. The maximum atomic E-state index is 12.5. The van der Waals surface area contributed by atoms with Gasteiger partial charge in [0, 0.05) is 10.4 Å². The summed E-state index contributed by atoms with van der Waals surface area (Å²) in [5.41, 5.74) is -0.0608. The van der Waals surface area contributed by atoms with Crippen LogP contribution in [0.5, 0.6) is 5.75 Å². The third-order valence-electron chi connectivity index (χ3n) is 3.42. The SMILES string of the molecule is O=c1[nH]c2cc(Cl)ccc2c(O)c1S(=O)(=O)Cc1ccccc1. The van der Waals surface area contributed by atoms with E-state index in [1.807, 2.05) is 0 Å². The van der Waals surface area contributed by atoms with E-state index in [-0.39, 0.29) is 16.7 Å². The smallest absolute Gasteiger partial charge is 0.271 e. The molecule has 23 heavy (non-hydrogen) atoms. The first-order chi connectivity index (χ1) is 10.9. The number of aromatic hydroxyl groups is 1. The monoisotopic (exact) mass is 349 g/mol. The predicted octanol–water partition coefficient (Wildman–Crippen LogP) is 2.86. The molecule has 0 atom stereocenters. The number of sulfone groups is 1. The molecule has 0 spiro atoms. The van der Waals surface area contributed by atoms with Gasteiger partial charge in [0.25, 0.3) is 5.56 Å². The van der Waals surface area contributed by atoms with E-state index in [0.717, 1.165) is 0 Å². The van der Waals surface area contributed by atoms with E-state index in [4.69, 9.17) is 11.6 Å². The van der Waals surface area contributed by atoms with Gasteiger partial charge in [0.05, 0.1) is 11.3 Å². The zero-order valence-electron chi connectivity index (χ0n) is 11.8. The summed E-state index contributed by atoms with van der Waals surface area (Å²) in [7, 11) is -4.00. The fraction of sp³-hybridized carbons (Fsp3) is 0.0625. The van der Waals surface area contributed by atoms with Crippen LogP contribution in [0.4, 0.5) is 0 Å². The zero-order valence-corrected chi connectivity index (χ0v) is 13.4. The van der Waals surface area contributed by atoms with Gasteiger partial charge in [-0.15, -0.1) is 0 Å². The Morgan fingerprint density at radius 1 is 1.09 bits per heavy atom. The van der Waals surface area contributed by atoms with Crippen molar-refractivity contribution in [3.05, 3.63) is 69.5 Å². The van der Waals surface area contributed by atoms with Crippen LogP contribution in [0.25, 0.3) is 10.9 Å².